The van der Waals surface area contributed by atoms with Crippen LogP contribution >= 0.6 is 11.8 Å². The van der Waals surface area contributed by atoms with E-state index in [4.69, 9.17) is 0 Å². The highest BCUT2D eigenvalue weighted by atomic mass is 32.2. The first kappa shape index (κ1) is 17.7. The molecule has 1 aromatic heterocycles. The fourth-order valence-corrected chi connectivity index (χ4v) is 5.77. The summed E-state index contributed by atoms with van der Waals surface area (Å²) in [6, 6.07) is -0.268. The van der Waals surface area contributed by atoms with Gasteiger partial charge in [-0.15, -0.1) is 5.10 Å². The molecule has 24 heavy (non-hydrogen) atoms. The molecule has 1 aliphatic heterocycles. The first-order valence-corrected chi connectivity index (χ1v) is 11.2. The van der Waals surface area contributed by atoms with E-state index in [-0.39, 0.29) is 28.7 Å². The van der Waals surface area contributed by atoms with Gasteiger partial charge in [0.05, 0.1) is 16.8 Å². The number of hydrogen-bond acceptors (Lipinski definition) is 6. The number of nitrogens with zero attached hydrogens (tertiary/aromatic N) is 2. The molecule has 7 nitrogen and oxygen atoms in total. The molecule has 1 saturated heterocycles. The summed E-state index contributed by atoms with van der Waals surface area (Å²) < 4.78 is 22.9. The van der Waals surface area contributed by atoms with Gasteiger partial charge in [0, 0.05) is 12.5 Å². The average molecular weight is 373 g/mol. The standard InChI is InChI=1S/C15H24N4O3S2/c1-10(14(20)16-12-6-7-24(21,22)9-12)23-15-17-13(18-19-15)8-11-4-2-3-5-11/h10-12H,2-9H2,1H3,(H,16,20)(H,17,18,19). The molecule has 1 aliphatic carbocycles. The molecular weight excluding hydrogens is 348 g/mol. The number of amides is 1. The Kier molecular flexibility index (Phi) is 5.49. The minimum atomic E-state index is -2.99. The van der Waals surface area contributed by atoms with Crippen molar-refractivity contribution in [2.45, 2.75) is 61.9 Å². The van der Waals surface area contributed by atoms with Crippen LogP contribution in [0.15, 0.2) is 5.16 Å². The first-order chi connectivity index (χ1) is 11.4. The summed E-state index contributed by atoms with van der Waals surface area (Å²) >= 11 is 1.30. The normalized spacial score (nSPS) is 25.0. The highest BCUT2D eigenvalue weighted by Gasteiger charge is 2.30. The van der Waals surface area contributed by atoms with Crippen LogP contribution in [0.1, 0.15) is 44.9 Å². The van der Waals surface area contributed by atoms with Gasteiger partial charge in [-0.1, -0.05) is 37.4 Å². The molecule has 0 radical (unpaired) electrons. The molecule has 134 valence electrons. The van der Waals surface area contributed by atoms with Crippen molar-refractivity contribution in [3.63, 3.8) is 0 Å². The zero-order chi connectivity index (χ0) is 17.2. The maximum Gasteiger partial charge on any atom is 0.233 e. The van der Waals surface area contributed by atoms with Crippen LogP contribution in [0, 0.1) is 5.92 Å². The van der Waals surface area contributed by atoms with Crippen LogP contribution in [-0.2, 0) is 21.1 Å². The van der Waals surface area contributed by atoms with E-state index >= 15 is 0 Å². The second-order valence-corrected chi connectivity index (χ2v) is 10.3. The second-order valence-electron chi connectivity index (χ2n) is 6.79. The van der Waals surface area contributed by atoms with Crippen LogP contribution in [0.3, 0.4) is 0 Å². The Morgan fingerprint density at radius 2 is 2.12 bits per heavy atom. The summed E-state index contributed by atoms with van der Waals surface area (Å²) in [5.41, 5.74) is 0. The zero-order valence-corrected chi connectivity index (χ0v) is 15.5. The van der Waals surface area contributed by atoms with Crippen molar-refractivity contribution in [1.82, 2.24) is 20.5 Å². The number of H-pyrrole nitrogens is 1. The van der Waals surface area contributed by atoms with Gasteiger partial charge in [-0.2, -0.15) is 0 Å². The monoisotopic (exact) mass is 372 g/mol. The van der Waals surface area contributed by atoms with Crippen molar-refractivity contribution in [2.75, 3.05) is 11.5 Å². The van der Waals surface area contributed by atoms with E-state index in [0.29, 0.717) is 17.5 Å². The molecule has 2 N–H and O–H groups in total. The molecular formula is C15H24N4O3S2. The molecule has 1 amide bonds. The van der Waals surface area contributed by atoms with Gasteiger partial charge in [-0.25, -0.2) is 13.4 Å². The van der Waals surface area contributed by atoms with Gasteiger partial charge in [0.2, 0.25) is 11.1 Å². The molecule has 1 aromatic rings. The summed E-state index contributed by atoms with van der Waals surface area (Å²) in [4.78, 5) is 16.7. The average Bonchev–Trinajstić information content (AvgIpc) is 3.23. The van der Waals surface area contributed by atoms with E-state index in [0.717, 1.165) is 12.2 Å². The second kappa shape index (κ2) is 7.43. The lowest BCUT2D eigenvalue weighted by Gasteiger charge is -2.14. The predicted octanol–water partition coefficient (Wildman–Crippen LogP) is 1.32. The summed E-state index contributed by atoms with van der Waals surface area (Å²) in [5.74, 6) is 1.62. The van der Waals surface area contributed by atoms with Crippen LogP contribution < -0.4 is 5.32 Å². The van der Waals surface area contributed by atoms with Crippen molar-refractivity contribution < 1.29 is 13.2 Å². The Hall–Kier alpha value is -1.09. The van der Waals surface area contributed by atoms with Gasteiger partial charge in [-0.05, 0) is 19.3 Å². The third-order valence-corrected chi connectivity index (χ3v) is 7.43. The van der Waals surface area contributed by atoms with Crippen molar-refractivity contribution in [2.24, 2.45) is 5.92 Å². The molecule has 0 bridgehead atoms. The Morgan fingerprint density at radius 3 is 2.79 bits per heavy atom. The predicted molar refractivity (Wildman–Crippen MR) is 92.6 cm³/mol. The molecule has 2 aliphatic rings. The smallest absolute Gasteiger partial charge is 0.233 e. The third-order valence-electron chi connectivity index (χ3n) is 4.70. The maximum atomic E-state index is 12.2. The van der Waals surface area contributed by atoms with Crippen LogP contribution in [0.4, 0.5) is 0 Å². The van der Waals surface area contributed by atoms with Gasteiger partial charge >= 0.3 is 0 Å². The van der Waals surface area contributed by atoms with Crippen molar-refractivity contribution in [3.8, 4) is 0 Å². The molecule has 9 heteroatoms. The minimum absolute atomic E-state index is 0.0440. The number of nitrogens with one attached hydrogen (secondary N) is 2. The molecule has 0 spiro atoms. The summed E-state index contributed by atoms with van der Waals surface area (Å²) in [7, 11) is -2.99. The SMILES string of the molecule is CC(Sc1n[nH]c(CC2CCCC2)n1)C(=O)NC1CCS(=O)(=O)C1. The van der Waals surface area contributed by atoms with E-state index in [1.165, 1.54) is 37.4 Å². The van der Waals surface area contributed by atoms with Crippen LogP contribution in [0.5, 0.6) is 0 Å². The molecule has 2 atom stereocenters. The Labute approximate surface area is 146 Å². The number of rotatable bonds is 6. The summed E-state index contributed by atoms with van der Waals surface area (Å²) in [5, 5.41) is 10.2. The Bertz CT molecular complexity index is 683. The van der Waals surface area contributed by atoms with E-state index in [1.54, 1.807) is 6.92 Å². The largest absolute Gasteiger partial charge is 0.351 e. The van der Waals surface area contributed by atoms with E-state index < -0.39 is 9.84 Å². The lowest BCUT2D eigenvalue weighted by atomic mass is 10.0. The fraction of sp³-hybridized carbons (Fsp3) is 0.800. The zero-order valence-electron chi connectivity index (χ0n) is 13.8. The molecule has 2 unspecified atom stereocenters. The first-order valence-electron chi connectivity index (χ1n) is 8.50. The molecule has 2 fully saturated rings. The van der Waals surface area contributed by atoms with Gasteiger partial charge < -0.3 is 5.32 Å². The number of carbonyl (C=O) groups excluding carboxylic acids is 1. The van der Waals surface area contributed by atoms with Crippen LogP contribution in [0.2, 0.25) is 0 Å². The van der Waals surface area contributed by atoms with Crippen LogP contribution in [-0.4, -0.2) is 52.3 Å². The Balaban J connectivity index is 1.48. The van der Waals surface area contributed by atoms with Crippen molar-refractivity contribution in [3.05, 3.63) is 5.82 Å². The highest BCUT2D eigenvalue weighted by molar-refractivity contribution is 8.00. The minimum Gasteiger partial charge on any atom is -0.351 e. The van der Waals surface area contributed by atoms with E-state index in [9.17, 15) is 13.2 Å². The quantitative estimate of drug-likeness (QED) is 0.730. The molecule has 3 rings (SSSR count). The van der Waals surface area contributed by atoms with Crippen molar-refractivity contribution in [1.29, 1.82) is 0 Å². The molecule has 0 aromatic carbocycles. The third kappa shape index (κ3) is 4.72. The summed E-state index contributed by atoms with van der Waals surface area (Å²) in [6.45, 7) is 1.79. The number of aromatic amines is 1. The topological polar surface area (TPSA) is 105 Å². The number of hydrogen-bond donors (Lipinski definition) is 2. The summed E-state index contributed by atoms with van der Waals surface area (Å²) in [6.07, 6.45) is 6.54. The van der Waals surface area contributed by atoms with Gasteiger partial charge in [0.15, 0.2) is 9.84 Å². The van der Waals surface area contributed by atoms with Gasteiger partial charge in [0.1, 0.15) is 5.82 Å². The van der Waals surface area contributed by atoms with Gasteiger partial charge in [0.25, 0.3) is 0 Å². The highest BCUT2D eigenvalue weighted by Crippen LogP contribution is 2.28. The van der Waals surface area contributed by atoms with E-state index in [1.807, 2.05) is 0 Å². The van der Waals surface area contributed by atoms with E-state index in [2.05, 4.69) is 20.5 Å². The number of thioether (sulfide) groups is 1. The van der Waals surface area contributed by atoms with Crippen molar-refractivity contribution >= 4 is 27.5 Å². The fourth-order valence-electron chi connectivity index (χ4n) is 3.35. The number of sulfone groups is 1. The molecule has 1 saturated carbocycles. The number of carbonyl (C=O) groups is 1. The van der Waals surface area contributed by atoms with Gasteiger partial charge in [-0.3, -0.25) is 9.89 Å². The lowest BCUT2D eigenvalue weighted by Crippen LogP contribution is -2.39. The number of aromatic nitrogens is 3. The Morgan fingerprint density at radius 1 is 1.38 bits per heavy atom. The molecule has 2 heterocycles. The maximum absolute atomic E-state index is 12.2. The van der Waals surface area contributed by atoms with Crippen LogP contribution in [0.25, 0.3) is 0 Å². The lowest BCUT2D eigenvalue weighted by molar-refractivity contribution is -0.120.